The van der Waals surface area contributed by atoms with Gasteiger partial charge in [-0.2, -0.15) is 0 Å². The van der Waals surface area contributed by atoms with Crippen molar-refractivity contribution in [2.45, 2.75) is 0 Å². The van der Waals surface area contributed by atoms with Crippen molar-refractivity contribution in [3.8, 4) is 17.6 Å². The SMILES string of the molecule is COc1ccc(C#CC(=O)N(C)c2ccccc2I)cc1. The van der Waals surface area contributed by atoms with Crippen molar-refractivity contribution in [3.63, 3.8) is 0 Å². The molecule has 0 N–H and O–H groups in total. The fourth-order valence-corrected chi connectivity index (χ4v) is 2.47. The molecule has 0 aliphatic heterocycles. The van der Waals surface area contributed by atoms with Crippen LogP contribution in [0, 0.1) is 15.4 Å². The van der Waals surface area contributed by atoms with E-state index in [-0.39, 0.29) is 5.91 Å². The summed E-state index contributed by atoms with van der Waals surface area (Å²) >= 11 is 2.20. The molecule has 0 aliphatic rings. The molecule has 0 fully saturated rings. The summed E-state index contributed by atoms with van der Waals surface area (Å²) in [6, 6.07) is 15.0. The topological polar surface area (TPSA) is 29.5 Å². The Hall–Kier alpha value is -2.00. The van der Waals surface area contributed by atoms with Crippen LogP contribution in [0.2, 0.25) is 0 Å². The fourth-order valence-electron chi connectivity index (χ4n) is 1.72. The predicted molar refractivity (Wildman–Crippen MR) is 92.4 cm³/mol. The van der Waals surface area contributed by atoms with Gasteiger partial charge in [0.15, 0.2) is 0 Å². The fraction of sp³-hybridized carbons (Fsp3) is 0.118. The maximum Gasteiger partial charge on any atom is 0.303 e. The molecular formula is C17H14INO2. The second kappa shape index (κ2) is 7.14. The number of carbonyl (C=O) groups is 1. The summed E-state index contributed by atoms with van der Waals surface area (Å²) in [5.74, 6) is 6.05. The molecule has 2 aromatic carbocycles. The molecular weight excluding hydrogens is 377 g/mol. The van der Waals surface area contributed by atoms with E-state index in [2.05, 4.69) is 34.4 Å². The number of carbonyl (C=O) groups excluding carboxylic acids is 1. The Morgan fingerprint density at radius 3 is 2.43 bits per heavy atom. The lowest BCUT2D eigenvalue weighted by atomic mass is 10.2. The monoisotopic (exact) mass is 391 g/mol. The Morgan fingerprint density at radius 1 is 1.14 bits per heavy atom. The highest BCUT2D eigenvalue weighted by molar-refractivity contribution is 14.1. The van der Waals surface area contributed by atoms with Crippen molar-refractivity contribution in [2.75, 3.05) is 19.1 Å². The number of nitrogens with zero attached hydrogens (tertiary/aromatic N) is 1. The minimum absolute atomic E-state index is 0.241. The van der Waals surface area contributed by atoms with Gasteiger partial charge in [0.05, 0.1) is 12.8 Å². The second-order valence-corrected chi connectivity index (χ2v) is 5.46. The lowest BCUT2D eigenvalue weighted by molar-refractivity contribution is -0.113. The van der Waals surface area contributed by atoms with E-state index in [0.29, 0.717) is 0 Å². The molecule has 0 saturated heterocycles. The average Bonchev–Trinajstić information content (AvgIpc) is 2.53. The molecule has 0 heterocycles. The number of anilines is 1. The molecule has 2 rings (SSSR count). The van der Waals surface area contributed by atoms with Crippen LogP contribution in [-0.4, -0.2) is 20.1 Å². The van der Waals surface area contributed by atoms with E-state index >= 15 is 0 Å². The van der Waals surface area contributed by atoms with Crippen LogP contribution in [0.1, 0.15) is 5.56 Å². The Kier molecular flexibility index (Phi) is 5.23. The van der Waals surface area contributed by atoms with E-state index in [1.54, 1.807) is 19.1 Å². The van der Waals surface area contributed by atoms with E-state index in [9.17, 15) is 4.79 Å². The number of hydrogen-bond donors (Lipinski definition) is 0. The summed E-state index contributed by atoms with van der Waals surface area (Å²) in [5.41, 5.74) is 1.63. The molecule has 0 aliphatic carbocycles. The van der Waals surface area contributed by atoms with Crippen molar-refractivity contribution in [3.05, 3.63) is 57.7 Å². The zero-order valence-electron chi connectivity index (χ0n) is 11.8. The van der Waals surface area contributed by atoms with E-state index in [4.69, 9.17) is 4.74 Å². The molecule has 0 radical (unpaired) electrons. The third kappa shape index (κ3) is 3.99. The highest BCUT2D eigenvalue weighted by Crippen LogP contribution is 2.20. The second-order valence-electron chi connectivity index (χ2n) is 4.29. The van der Waals surface area contributed by atoms with Crippen LogP contribution in [0.3, 0.4) is 0 Å². The standard InChI is InChI=1S/C17H14INO2/c1-19(16-6-4-3-5-15(16)18)17(20)12-9-13-7-10-14(21-2)11-8-13/h3-8,10-11H,1-2H3. The zero-order valence-corrected chi connectivity index (χ0v) is 13.9. The molecule has 0 saturated carbocycles. The number of benzene rings is 2. The first kappa shape index (κ1) is 15.4. The average molecular weight is 391 g/mol. The lowest BCUT2D eigenvalue weighted by Gasteiger charge is -2.15. The lowest BCUT2D eigenvalue weighted by Crippen LogP contribution is -2.25. The van der Waals surface area contributed by atoms with Crippen LogP contribution in [0.5, 0.6) is 5.75 Å². The molecule has 21 heavy (non-hydrogen) atoms. The van der Waals surface area contributed by atoms with Gasteiger partial charge in [-0.05, 0) is 59.0 Å². The quantitative estimate of drug-likeness (QED) is 0.581. The third-order valence-electron chi connectivity index (χ3n) is 2.92. The summed E-state index contributed by atoms with van der Waals surface area (Å²) in [4.78, 5) is 13.7. The van der Waals surface area contributed by atoms with Gasteiger partial charge in [-0.1, -0.05) is 18.1 Å². The minimum Gasteiger partial charge on any atom is -0.497 e. The van der Waals surface area contributed by atoms with Gasteiger partial charge in [0.1, 0.15) is 5.75 Å². The van der Waals surface area contributed by atoms with Crippen LogP contribution in [0.25, 0.3) is 0 Å². The van der Waals surface area contributed by atoms with E-state index in [1.807, 2.05) is 48.5 Å². The highest BCUT2D eigenvalue weighted by Gasteiger charge is 2.10. The molecule has 0 atom stereocenters. The van der Waals surface area contributed by atoms with E-state index < -0.39 is 0 Å². The molecule has 0 spiro atoms. The van der Waals surface area contributed by atoms with Crippen LogP contribution in [-0.2, 0) is 4.79 Å². The van der Waals surface area contributed by atoms with Gasteiger partial charge in [0, 0.05) is 22.1 Å². The first-order valence-electron chi connectivity index (χ1n) is 6.30. The van der Waals surface area contributed by atoms with Gasteiger partial charge in [-0.3, -0.25) is 4.79 Å². The Balaban J connectivity index is 2.14. The van der Waals surface area contributed by atoms with Crippen molar-refractivity contribution in [1.82, 2.24) is 0 Å². The Labute approximate surface area is 138 Å². The first-order chi connectivity index (χ1) is 10.1. The smallest absolute Gasteiger partial charge is 0.303 e. The number of amides is 1. The van der Waals surface area contributed by atoms with Gasteiger partial charge in [-0.15, -0.1) is 0 Å². The molecule has 0 bridgehead atoms. The Morgan fingerprint density at radius 2 is 1.81 bits per heavy atom. The summed E-state index contributed by atoms with van der Waals surface area (Å²) in [6.07, 6.45) is 0. The molecule has 3 nitrogen and oxygen atoms in total. The number of ether oxygens (including phenoxy) is 1. The molecule has 106 valence electrons. The maximum atomic E-state index is 12.1. The summed E-state index contributed by atoms with van der Waals surface area (Å²) in [5, 5.41) is 0. The van der Waals surface area contributed by atoms with E-state index in [1.165, 1.54) is 0 Å². The van der Waals surface area contributed by atoms with Gasteiger partial charge in [0.25, 0.3) is 0 Å². The zero-order chi connectivity index (χ0) is 15.2. The number of halogens is 1. The maximum absolute atomic E-state index is 12.1. The van der Waals surface area contributed by atoms with Gasteiger partial charge in [0.2, 0.25) is 0 Å². The molecule has 1 amide bonds. The highest BCUT2D eigenvalue weighted by atomic mass is 127. The summed E-state index contributed by atoms with van der Waals surface area (Å²) in [7, 11) is 3.34. The first-order valence-corrected chi connectivity index (χ1v) is 7.38. The van der Waals surface area contributed by atoms with Crippen LogP contribution in [0.4, 0.5) is 5.69 Å². The van der Waals surface area contributed by atoms with E-state index in [0.717, 1.165) is 20.6 Å². The van der Waals surface area contributed by atoms with Gasteiger partial charge >= 0.3 is 5.91 Å². The Bertz CT molecular complexity index is 699. The third-order valence-corrected chi connectivity index (χ3v) is 3.83. The largest absolute Gasteiger partial charge is 0.497 e. The minimum atomic E-state index is -0.241. The molecule has 4 heteroatoms. The normalized spacial score (nSPS) is 9.48. The van der Waals surface area contributed by atoms with Crippen LogP contribution < -0.4 is 9.64 Å². The molecule has 0 unspecified atom stereocenters. The van der Waals surface area contributed by atoms with Crippen LogP contribution >= 0.6 is 22.6 Å². The number of para-hydroxylation sites is 1. The van der Waals surface area contributed by atoms with Crippen molar-refractivity contribution < 1.29 is 9.53 Å². The summed E-state index contributed by atoms with van der Waals surface area (Å²) < 4.78 is 6.09. The molecule has 0 aromatic heterocycles. The van der Waals surface area contributed by atoms with Crippen molar-refractivity contribution in [2.24, 2.45) is 0 Å². The number of hydrogen-bond acceptors (Lipinski definition) is 2. The van der Waals surface area contributed by atoms with Gasteiger partial charge < -0.3 is 9.64 Å². The predicted octanol–water partition coefficient (Wildman–Crippen LogP) is 3.31. The summed E-state index contributed by atoms with van der Waals surface area (Å²) in [6.45, 7) is 0. The van der Waals surface area contributed by atoms with Gasteiger partial charge in [-0.25, -0.2) is 0 Å². The van der Waals surface area contributed by atoms with Crippen LogP contribution in [0.15, 0.2) is 48.5 Å². The molecule has 2 aromatic rings. The number of methoxy groups -OCH3 is 1. The number of rotatable bonds is 2. The van der Waals surface area contributed by atoms with Crippen molar-refractivity contribution in [1.29, 1.82) is 0 Å². The van der Waals surface area contributed by atoms with Crippen molar-refractivity contribution >= 4 is 34.2 Å².